The molecule has 0 aliphatic heterocycles. The monoisotopic (exact) mass is 257 g/mol. The van der Waals surface area contributed by atoms with E-state index in [9.17, 15) is 0 Å². The fraction of sp³-hybridized carbons (Fsp3) is 0.438. The molecule has 0 spiro atoms. The predicted octanol–water partition coefficient (Wildman–Crippen LogP) is 2.99. The van der Waals surface area contributed by atoms with Gasteiger partial charge in [0.25, 0.3) is 0 Å². The number of hydrogen-bond donors (Lipinski definition) is 1. The molecule has 0 aliphatic carbocycles. The van der Waals surface area contributed by atoms with Gasteiger partial charge in [0.2, 0.25) is 0 Å². The molecule has 102 valence electrons. The van der Waals surface area contributed by atoms with Crippen LogP contribution >= 0.6 is 0 Å². The van der Waals surface area contributed by atoms with Crippen LogP contribution in [0.5, 0.6) is 0 Å². The predicted molar refractivity (Wildman–Crippen MR) is 79.1 cm³/mol. The van der Waals surface area contributed by atoms with Crippen molar-refractivity contribution in [1.29, 1.82) is 0 Å². The fourth-order valence-electron chi connectivity index (χ4n) is 2.02. The van der Waals surface area contributed by atoms with Gasteiger partial charge in [0.1, 0.15) is 5.82 Å². The zero-order valence-electron chi connectivity index (χ0n) is 12.1. The molecule has 1 heterocycles. The SMILES string of the molecule is CCc1ccc(Cn2ccnc2CNC(C)C)cc1. The molecule has 0 unspecified atom stereocenters. The number of hydrogen-bond acceptors (Lipinski definition) is 2. The maximum absolute atomic E-state index is 4.42. The number of aryl methyl sites for hydroxylation is 1. The Hall–Kier alpha value is -1.61. The first kappa shape index (κ1) is 13.8. The van der Waals surface area contributed by atoms with Gasteiger partial charge in [0.15, 0.2) is 0 Å². The van der Waals surface area contributed by atoms with E-state index in [0.717, 1.165) is 25.3 Å². The smallest absolute Gasteiger partial charge is 0.122 e. The summed E-state index contributed by atoms with van der Waals surface area (Å²) in [6.45, 7) is 8.19. The average molecular weight is 257 g/mol. The standard InChI is InChI=1S/C16H23N3/c1-4-14-5-7-15(8-6-14)12-19-10-9-17-16(19)11-18-13(2)3/h5-10,13,18H,4,11-12H2,1-3H3. The summed E-state index contributed by atoms with van der Waals surface area (Å²) in [7, 11) is 0. The quantitative estimate of drug-likeness (QED) is 0.862. The van der Waals surface area contributed by atoms with Crippen LogP contribution in [0.1, 0.15) is 37.7 Å². The van der Waals surface area contributed by atoms with E-state index in [1.54, 1.807) is 0 Å². The minimum absolute atomic E-state index is 0.481. The fourth-order valence-corrected chi connectivity index (χ4v) is 2.02. The van der Waals surface area contributed by atoms with Crippen molar-refractivity contribution in [1.82, 2.24) is 14.9 Å². The Bertz CT molecular complexity index is 497. The van der Waals surface area contributed by atoms with E-state index in [1.807, 2.05) is 12.4 Å². The number of benzene rings is 1. The van der Waals surface area contributed by atoms with Crippen molar-refractivity contribution in [2.75, 3.05) is 0 Å². The zero-order valence-corrected chi connectivity index (χ0v) is 12.1. The second-order valence-corrected chi connectivity index (χ2v) is 5.18. The Morgan fingerprint density at radius 3 is 2.47 bits per heavy atom. The van der Waals surface area contributed by atoms with Gasteiger partial charge < -0.3 is 9.88 Å². The van der Waals surface area contributed by atoms with Crippen LogP contribution in [-0.4, -0.2) is 15.6 Å². The van der Waals surface area contributed by atoms with Crippen LogP contribution in [0.4, 0.5) is 0 Å². The van der Waals surface area contributed by atoms with Gasteiger partial charge >= 0.3 is 0 Å². The molecular weight excluding hydrogens is 234 g/mol. The molecule has 19 heavy (non-hydrogen) atoms. The zero-order chi connectivity index (χ0) is 13.7. The van der Waals surface area contributed by atoms with Crippen LogP contribution in [0.2, 0.25) is 0 Å². The third-order valence-corrected chi connectivity index (χ3v) is 3.25. The number of nitrogens with zero attached hydrogens (tertiary/aromatic N) is 2. The van der Waals surface area contributed by atoms with Crippen LogP contribution in [0, 0.1) is 0 Å². The van der Waals surface area contributed by atoms with Crippen molar-refractivity contribution in [2.24, 2.45) is 0 Å². The molecule has 1 aromatic carbocycles. The first-order chi connectivity index (χ1) is 9.19. The lowest BCUT2D eigenvalue weighted by molar-refractivity contribution is 0.554. The largest absolute Gasteiger partial charge is 0.329 e. The van der Waals surface area contributed by atoms with Gasteiger partial charge in [-0.2, -0.15) is 0 Å². The Morgan fingerprint density at radius 2 is 1.84 bits per heavy atom. The maximum Gasteiger partial charge on any atom is 0.122 e. The second-order valence-electron chi connectivity index (χ2n) is 5.18. The Kier molecular flexibility index (Phi) is 4.74. The summed E-state index contributed by atoms with van der Waals surface area (Å²) < 4.78 is 2.20. The first-order valence-electron chi connectivity index (χ1n) is 7.00. The first-order valence-corrected chi connectivity index (χ1v) is 7.00. The Morgan fingerprint density at radius 1 is 1.16 bits per heavy atom. The molecule has 0 bridgehead atoms. The topological polar surface area (TPSA) is 29.9 Å². The van der Waals surface area contributed by atoms with Crippen molar-refractivity contribution >= 4 is 0 Å². The minimum atomic E-state index is 0.481. The Labute approximate surface area is 115 Å². The van der Waals surface area contributed by atoms with Crippen LogP contribution < -0.4 is 5.32 Å². The van der Waals surface area contributed by atoms with Crippen molar-refractivity contribution < 1.29 is 0 Å². The summed E-state index contributed by atoms with van der Waals surface area (Å²) in [5.74, 6) is 1.09. The molecule has 2 aromatic rings. The summed E-state index contributed by atoms with van der Waals surface area (Å²) in [5.41, 5.74) is 2.71. The molecule has 3 heteroatoms. The van der Waals surface area contributed by atoms with E-state index < -0.39 is 0 Å². The number of imidazole rings is 1. The second kappa shape index (κ2) is 6.53. The highest BCUT2D eigenvalue weighted by Gasteiger charge is 2.04. The van der Waals surface area contributed by atoms with Gasteiger partial charge in [-0.25, -0.2) is 4.98 Å². The third kappa shape index (κ3) is 3.93. The molecule has 0 atom stereocenters. The third-order valence-electron chi connectivity index (χ3n) is 3.25. The van der Waals surface area contributed by atoms with E-state index in [4.69, 9.17) is 0 Å². The molecule has 1 aromatic heterocycles. The summed E-state index contributed by atoms with van der Waals surface area (Å²) >= 11 is 0. The van der Waals surface area contributed by atoms with Gasteiger partial charge in [-0.1, -0.05) is 45.0 Å². The summed E-state index contributed by atoms with van der Waals surface area (Å²) in [4.78, 5) is 4.42. The molecular formula is C16H23N3. The summed E-state index contributed by atoms with van der Waals surface area (Å²) in [6.07, 6.45) is 5.01. The molecule has 3 nitrogen and oxygen atoms in total. The lowest BCUT2D eigenvalue weighted by Crippen LogP contribution is -2.24. The van der Waals surface area contributed by atoms with Crippen LogP contribution in [0.25, 0.3) is 0 Å². The van der Waals surface area contributed by atoms with E-state index >= 15 is 0 Å². The maximum atomic E-state index is 4.42. The lowest BCUT2D eigenvalue weighted by atomic mass is 10.1. The summed E-state index contributed by atoms with van der Waals surface area (Å²) in [6, 6.07) is 9.31. The van der Waals surface area contributed by atoms with Crippen molar-refractivity contribution in [2.45, 2.75) is 46.3 Å². The lowest BCUT2D eigenvalue weighted by Gasteiger charge is -2.11. The molecule has 0 saturated heterocycles. The van der Waals surface area contributed by atoms with Crippen LogP contribution in [0.3, 0.4) is 0 Å². The minimum Gasteiger partial charge on any atom is -0.329 e. The van der Waals surface area contributed by atoms with Gasteiger partial charge in [0, 0.05) is 25.0 Å². The van der Waals surface area contributed by atoms with E-state index in [0.29, 0.717) is 6.04 Å². The number of rotatable bonds is 6. The van der Waals surface area contributed by atoms with Gasteiger partial charge in [-0.05, 0) is 17.5 Å². The average Bonchev–Trinajstić information content (AvgIpc) is 2.84. The molecule has 1 N–H and O–H groups in total. The highest BCUT2D eigenvalue weighted by Crippen LogP contribution is 2.08. The Balaban J connectivity index is 2.03. The highest BCUT2D eigenvalue weighted by atomic mass is 15.1. The molecule has 2 rings (SSSR count). The molecule has 0 saturated carbocycles. The van der Waals surface area contributed by atoms with E-state index in [1.165, 1.54) is 11.1 Å². The normalized spacial score (nSPS) is 11.2. The van der Waals surface area contributed by atoms with Crippen molar-refractivity contribution in [3.05, 3.63) is 53.6 Å². The van der Waals surface area contributed by atoms with E-state index in [-0.39, 0.29) is 0 Å². The molecule has 0 fully saturated rings. The number of aromatic nitrogens is 2. The van der Waals surface area contributed by atoms with Gasteiger partial charge in [-0.15, -0.1) is 0 Å². The number of nitrogens with one attached hydrogen (secondary N) is 1. The molecule has 0 aliphatic rings. The van der Waals surface area contributed by atoms with Crippen molar-refractivity contribution in [3.8, 4) is 0 Å². The van der Waals surface area contributed by atoms with Gasteiger partial charge in [0.05, 0.1) is 6.54 Å². The van der Waals surface area contributed by atoms with Crippen LogP contribution in [0.15, 0.2) is 36.7 Å². The molecule has 0 radical (unpaired) electrons. The highest BCUT2D eigenvalue weighted by molar-refractivity contribution is 5.23. The molecule has 0 amide bonds. The van der Waals surface area contributed by atoms with E-state index in [2.05, 4.69) is 59.9 Å². The summed E-state index contributed by atoms with van der Waals surface area (Å²) in [5, 5.41) is 3.41. The van der Waals surface area contributed by atoms with Crippen LogP contribution in [-0.2, 0) is 19.5 Å². The van der Waals surface area contributed by atoms with Crippen molar-refractivity contribution in [3.63, 3.8) is 0 Å². The van der Waals surface area contributed by atoms with Gasteiger partial charge in [-0.3, -0.25) is 0 Å².